The SMILES string of the molecule is C=C(Cl)CNC(C)c1ccc2cc(OC)ccc2c1. The normalized spacial score (nSPS) is 12.4. The highest BCUT2D eigenvalue weighted by molar-refractivity contribution is 6.29. The second-order valence-electron chi connectivity index (χ2n) is 4.59. The van der Waals surface area contributed by atoms with E-state index in [9.17, 15) is 0 Å². The van der Waals surface area contributed by atoms with Crippen LogP contribution in [-0.4, -0.2) is 13.7 Å². The summed E-state index contributed by atoms with van der Waals surface area (Å²) >= 11 is 5.77. The molecular formula is C16H18ClNO. The smallest absolute Gasteiger partial charge is 0.119 e. The fourth-order valence-corrected chi connectivity index (χ4v) is 2.10. The number of benzene rings is 2. The molecule has 0 aliphatic rings. The lowest BCUT2D eigenvalue weighted by Crippen LogP contribution is -2.19. The van der Waals surface area contributed by atoms with E-state index in [-0.39, 0.29) is 6.04 Å². The molecule has 0 saturated carbocycles. The highest BCUT2D eigenvalue weighted by atomic mass is 35.5. The fourth-order valence-electron chi connectivity index (χ4n) is 2.02. The van der Waals surface area contributed by atoms with Crippen molar-refractivity contribution in [3.8, 4) is 5.75 Å². The molecule has 3 heteroatoms. The van der Waals surface area contributed by atoms with Gasteiger partial charge in [-0.25, -0.2) is 0 Å². The Morgan fingerprint density at radius 3 is 2.63 bits per heavy atom. The number of hydrogen-bond acceptors (Lipinski definition) is 2. The standard InChI is InChI=1S/C16H18ClNO/c1-11(17)10-18-12(2)13-4-5-15-9-16(19-3)7-6-14(15)8-13/h4-9,12,18H,1,10H2,2-3H3. The highest BCUT2D eigenvalue weighted by Crippen LogP contribution is 2.24. The molecule has 100 valence electrons. The Morgan fingerprint density at radius 1 is 1.26 bits per heavy atom. The van der Waals surface area contributed by atoms with E-state index in [1.54, 1.807) is 7.11 Å². The lowest BCUT2D eigenvalue weighted by atomic mass is 10.0. The molecule has 1 N–H and O–H groups in total. The molecule has 0 bridgehead atoms. The van der Waals surface area contributed by atoms with Gasteiger partial charge in [0.2, 0.25) is 0 Å². The third-order valence-corrected chi connectivity index (χ3v) is 3.31. The Kier molecular flexibility index (Phi) is 4.46. The third kappa shape index (κ3) is 3.49. The second kappa shape index (κ2) is 6.09. The van der Waals surface area contributed by atoms with Gasteiger partial charge in [0.25, 0.3) is 0 Å². The van der Waals surface area contributed by atoms with Crippen LogP contribution in [0.1, 0.15) is 18.5 Å². The predicted molar refractivity (Wildman–Crippen MR) is 81.9 cm³/mol. The number of halogens is 1. The van der Waals surface area contributed by atoms with Crippen LogP contribution in [0.5, 0.6) is 5.75 Å². The van der Waals surface area contributed by atoms with Crippen molar-refractivity contribution < 1.29 is 4.74 Å². The van der Waals surface area contributed by atoms with E-state index in [0.29, 0.717) is 11.6 Å². The molecule has 0 fully saturated rings. The van der Waals surface area contributed by atoms with E-state index >= 15 is 0 Å². The van der Waals surface area contributed by atoms with Crippen molar-refractivity contribution in [2.45, 2.75) is 13.0 Å². The molecular weight excluding hydrogens is 258 g/mol. The molecule has 0 aliphatic heterocycles. The molecule has 2 nitrogen and oxygen atoms in total. The molecule has 0 amide bonds. The Hall–Kier alpha value is -1.51. The van der Waals surface area contributed by atoms with Crippen LogP contribution in [0.25, 0.3) is 10.8 Å². The average molecular weight is 276 g/mol. The molecule has 2 aromatic rings. The minimum atomic E-state index is 0.238. The maximum atomic E-state index is 5.77. The van der Waals surface area contributed by atoms with Gasteiger partial charge in [-0.15, -0.1) is 0 Å². The minimum absolute atomic E-state index is 0.238. The summed E-state index contributed by atoms with van der Waals surface area (Å²) in [6, 6.07) is 12.7. The first-order valence-corrected chi connectivity index (χ1v) is 6.62. The number of methoxy groups -OCH3 is 1. The van der Waals surface area contributed by atoms with Crippen LogP contribution in [0.15, 0.2) is 48.0 Å². The van der Waals surface area contributed by atoms with Crippen molar-refractivity contribution in [2.24, 2.45) is 0 Å². The summed E-state index contributed by atoms with van der Waals surface area (Å²) in [7, 11) is 1.68. The summed E-state index contributed by atoms with van der Waals surface area (Å²) in [5.74, 6) is 0.880. The van der Waals surface area contributed by atoms with Crippen molar-refractivity contribution in [3.63, 3.8) is 0 Å². The maximum absolute atomic E-state index is 5.77. The third-order valence-electron chi connectivity index (χ3n) is 3.17. The van der Waals surface area contributed by atoms with Crippen LogP contribution in [0.2, 0.25) is 0 Å². The Bertz CT molecular complexity index is 594. The monoisotopic (exact) mass is 275 g/mol. The van der Waals surface area contributed by atoms with Gasteiger partial charge in [0.05, 0.1) is 7.11 Å². The molecule has 2 aromatic carbocycles. The van der Waals surface area contributed by atoms with Gasteiger partial charge < -0.3 is 10.1 Å². The first kappa shape index (κ1) is 13.9. The van der Waals surface area contributed by atoms with Crippen LogP contribution in [0, 0.1) is 0 Å². The van der Waals surface area contributed by atoms with E-state index in [0.717, 1.165) is 5.75 Å². The largest absolute Gasteiger partial charge is 0.497 e. The lowest BCUT2D eigenvalue weighted by Gasteiger charge is -2.14. The van der Waals surface area contributed by atoms with E-state index in [4.69, 9.17) is 16.3 Å². The predicted octanol–water partition coefficient (Wildman–Crippen LogP) is 4.25. The van der Waals surface area contributed by atoms with Crippen molar-refractivity contribution >= 4 is 22.4 Å². The van der Waals surface area contributed by atoms with Gasteiger partial charge in [-0.2, -0.15) is 0 Å². The second-order valence-corrected chi connectivity index (χ2v) is 5.13. The zero-order valence-corrected chi connectivity index (χ0v) is 12.0. The molecule has 0 aliphatic carbocycles. The summed E-state index contributed by atoms with van der Waals surface area (Å²) in [6.45, 7) is 6.41. The summed E-state index contributed by atoms with van der Waals surface area (Å²) in [5, 5.41) is 6.34. The molecule has 0 saturated heterocycles. The topological polar surface area (TPSA) is 21.3 Å². The number of hydrogen-bond donors (Lipinski definition) is 1. The number of ether oxygens (including phenoxy) is 1. The van der Waals surface area contributed by atoms with E-state index in [2.05, 4.69) is 43.1 Å². The van der Waals surface area contributed by atoms with Crippen LogP contribution >= 0.6 is 11.6 Å². The van der Waals surface area contributed by atoms with Gasteiger partial charge in [0.1, 0.15) is 5.75 Å². The van der Waals surface area contributed by atoms with Crippen molar-refractivity contribution in [2.75, 3.05) is 13.7 Å². The zero-order valence-electron chi connectivity index (χ0n) is 11.2. The Labute approximate surface area is 119 Å². The summed E-state index contributed by atoms with van der Waals surface area (Å²) in [6.07, 6.45) is 0. The van der Waals surface area contributed by atoms with E-state index in [1.165, 1.54) is 16.3 Å². The van der Waals surface area contributed by atoms with Gasteiger partial charge in [-0.1, -0.05) is 36.4 Å². The molecule has 0 spiro atoms. The van der Waals surface area contributed by atoms with Crippen LogP contribution in [0.4, 0.5) is 0 Å². The molecule has 0 heterocycles. The molecule has 19 heavy (non-hydrogen) atoms. The summed E-state index contributed by atoms with van der Waals surface area (Å²) < 4.78 is 5.23. The Morgan fingerprint density at radius 2 is 1.95 bits per heavy atom. The van der Waals surface area contributed by atoms with Crippen LogP contribution < -0.4 is 10.1 Å². The van der Waals surface area contributed by atoms with Crippen molar-refractivity contribution in [1.82, 2.24) is 5.32 Å². The van der Waals surface area contributed by atoms with Gasteiger partial charge in [0.15, 0.2) is 0 Å². The first-order chi connectivity index (χ1) is 9.10. The molecule has 0 aromatic heterocycles. The molecule has 1 unspecified atom stereocenters. The zero-order chi connectivity index (χ0) is 13.8. The fraction of sp³-hybridized carbons (Fsp3) is 0.250. The maximum Gasteiger partial charge on any atom is 0.119 e. The van der Waals surface area contributed by atoms with Crippen molar-refractivity contribution in [1.29, 1.82) is 0 Å². The van der Waals surface area contributed by atoms with E-state index < -0.39 is 0 Å². The first-order valence-electron chi connectivity index (χ1n) is 6.24. The highest BCUT2D eigenvalue weighted by Gasteiger charge is 2.06. The van der Waals surface area contributed by atoms with Gasteiger partial charge in [-0.05, 0) is 41.5 Å². The Balaban J connectivity index is 2.23. The van der Waals surface area contributed by atoms with Crippen LogP contribution in [0.3, 0.4) is 0 Å². The molecule has 1 atom stereocenters. The van der Waals surface area contributed by atoms with Crippen LogP contribution in [-0.2, 0) is 0 Å². The van der Waals surface area contributed by atoms with Gasteiger partial charge >= 0.3 is 0 Å². The van der Waals surface area contributed by atoms with E-state index in [1.807, 2.05) is 12.1 Å². The number of nitrogens with one attached hydrogen (secondary N) is 1. The molecule has 2 rings (SSSR count). The van der Waals surface area contributed by atoms with Gasteiger partial charge in [0, 0.05) is 17.6 Å². The number of rotatable bonds is 5. The van der Waals surface area contributed by atoms with Crippen molar-refractivity contribution in [3.05, 3.63) is 53.6 Å². The summed E-state index contributed by atoms with van der Waals surface area (Å²) in [5.41, 5.74) is 1.23. The quantitative estimate of drug-likeness (QED) is 0.881. The lowest BCUT2D eigenvalue weighted by molar-refractivity contribution is 0.415. The van der Waals surface area contributed by atoms with Gasteiger partial charge in [-0.3, -0.25) is 0 Å². The average Bonchev–Trinajstić information content (AvgIpc) is 2.43. The molecule has 0 radical (unpaired) electrons. The minimum Gasteiger partial charge on any atom is -0.497 e. The number of fused-ring (bicyclic) bond motifs is 1. The summed E-state index contributed by atoms with van der Waals surface area (Å²) in [4.78, 5) is 0.